The molecular weight excluding hydrogens is 1010 g/mol. The molecule has 0 amide bonds. The van der Waals surface area contributed by atoms with Crippen molar-refractivity contribution in [3.8, 4) is 45.6 Å². The zero-order valence-electron chi connectivity index (χ0n) is 27.7. The van der Waals surface area contributed by atoms with Crippen LogP contribution in [0.25, 0.3) is 51.1 Å². The molecule has 0 saturated carbocycles. The zero-order valence-corrected chi connectivity index (χ0v) is 32.3. The van der Waals surface area contributed by atoms with Crippen LogP contribution in [0, 0.1) is 0 Å². The molecule has 52 heavy (non-hydrogen) atoms. The van der Waals surface area contributed by atoms with Crippen LogP contribution in [0.2, 0.25) is 0 Å². The van der Waals surface area contributed by atoms with Gasteiger partial charge >= 0.3 is 0 Å². The maximum absolute atomic E-state index is 4.59. The quantitative estimate of drug-likeness (QED) is 0.163. The molecular formula is C42H32N8Pt2. The van der Waals surface area contributed by atoms with Crippen molar-refractivity contribution in [1.82, 2.24) is 39.9 Å². The Kier molecular flexibility index (Phi) is 15.7. The van der Waals surface area contributed by atoms with Gasteiger partial charge in [0.1, 0.15) is 0 Å². The molecule has 0 aromatic carbocycles. The van der Waals surface area contributed by atoms with Crippen LogP contribution in [-0.4, -0.2) is 39.9 Å². The van der Waals surface area contributed by atoms with Crippen molar-refractivity contribution >= 4 is 5.57 Å². The van der Waals surface area contributed by atoms with Gasteiger partial charge in [0.15, 0.2) is 0 Å². The number of hydrogen-bond donors (Lipinski definition) is 0. The second-order valence-corrected chi connectivity index (χ2v) is 10.6. The molecule has 260 valence electrons. The van der Waals surface area contributed by atoms with Gasteiger partial charge in [0.25, 0.3) is 0 Å². The SMILES string of the molecule is C=C(c1ccncc1)c1ccncc1.[Pt].[Pt].c1ccc(-c2cccc(-c3ccccn3)n2)nc1.c1ccc(-c2cccc(-c3ccccn3)n2)nc1. The van der Waals surface area contributed by atoms with E-state index in [4.69, 9.17) is 0 Å². The molecule has 0 unspecified atom stereocenters. The largest absolute Gasteiger partial charge is 0.265 e. The van der Waals surface area contributed by atoms with E-state index < -0.39 is 0 Å². The van der Waals surface area contributed by atoms with Gasteiger partial charge < -0.3 is 0 Å². The van der Waals surface area contributed by atoms with E-state index >= 15 is 0 Å². The Labute approximate surface area is 331 Å². The molecule has 8 nitrogen and oxygen atoms in total. The Morgan fingerprint density at radius 1 is 0.308 bits per heavy atom. The third-order valence-electron chi connectivity index (χ3n) is 7.27. The fraction of sp³-hybridized carbons (Fsp3) is 0. The van der Waals surface area contributed by atoms with E-state index in [2.05, 4.69) is 46.5 Å². The molecule has 8 rings (SSSR count). The van der Waals surface area contributed by atoms with Crippen molar-refractivity contribution in [2.75, 3.05) is 0 Å². The average Bonchev–Trinajstić information content (AvgIpc) is 3.23. The summed E-state index contributed by atoms with van der Waals surface area (Å²) < 4.78 is 0. The van der Waals surface area contributed by atoms with E-state index in [1.165, 1.54) is 0 Å². The summed E-state index contributed by atoms with van der Waals surface area (Å²) in [6.45, 7) is 4.04. The van der Waals surface area contributed by atoms with Crippen molar-refractivity contribution in [3.05, 3.63) is 201 Å². The van der Waals surface area contributed by atoms with Crippen LogP contribution in [0.4, 0.5) is 0 Å². The van der Waals surface area contributed by atoms with Crippen molar-refractivity contribution in [2.45, 2.75) is 0 Å². The predicted octanol–water partition coefficient (Wildman–Crippen LogP) is 8.94. The van der Waals surface area contributed by atoms with Crippen molar-refractivity contribution < 1.29 is 42.1 Å². The van der Waals surface area contributed by atoms with E-state index in [0.29, 0.717) is 0 Å². The molecule has 8 aromatic rings. The molecule has 0 bridgehead atoms. The van der Waals surface area contributed by atoms with Gasteiger partial charge in [0.2, 0.25) is 0 Å². The Hall–Kier alpha value is -5.68. The Morgan fingerprint density at radius 3 is 0.827 bits per heavy atom. The molecule has 0 atom stereocenters. The molecule has 0 saturated heterocycles. The van der Waals surface area contributed by atoms with Crippen molar-refractivity contribution in [3.63, 3.8) is 0 Å². The Bertz CT molecular complexity index is 1940. The summed E-state index contributed by atoms with van der Waals surface area (Å²) in [5, 5.41) is 0. The minimum Gasteiger partial charge on any atom is -0.265 e. The predicted molar refractivity (Wildman–Crippen MR) is 198 cm³/mol. The number of rotatable bonds is 6. The van der Waals surface area contributed by atoms with Crippen LogP contribution in [0.5, 0.6) is 0 Å². The van der Waals surface area contributed by atoms with E-state index in [-0.39, 0.29) is 42.1 Å². The van der Waals surface area contributed by atoms with Crippen LogP contribution >= 0.6 is 0 Å². The summed E-state index contributed by atoms with van der Waals surface area (Å²) in [5.74, 6) is 0. The standard InChI is InChI=1S/2C15H11N3.C12H10N2.2Pt/c2*1-3-10-16-12(6-1)14-8-5-9-15(18-14)13-7-2-4-11-17-13;1-10(11-2-6-13-7-3-11)12-4-8-14-9-5-12;;/h2*1-11H;2-9H,1H2;;. The number of pyridine rings is 8. The summed E-state index contributed by atoms with van der Waals surface area (Å²) in [6.07, 6.45) is 14.1. The molecule has 0 aliphatic rings. The molecule has 0 radical (unpaired) electrons. The van der Waals surface area contributed by atoms with Crippen molar-refractivity contribution in [1.29, 1.82) is 0 Å². The molecule has 0 N–H and O–H groups in total. The van der Waals surface area contributed by atoms with Gasteiger partial charge in [-0.3, -0.25) is 29.9 Å². The van der Waals surface area contributed by atoms with Crippen LogP contribution in [0.1, 0.15) is 11.1 Å². The van der Waals surface area contributed by atoms with Gasteiger partial charge in [0, 0.05) is 91.7 Å². The third-order valence-corrected chi connectivity index (χ3v) is 7.27. The maximum atomic E-state index is 4.59. The molecule has 10 heteroatoms. The molecule has 8 aromatic heterocycles. The van der Waals surface area contributed by atoms with E-state index in [1.54, 1.807) is 49.6 Å². The Balaban J connectivity index is 0.000000173. The monoisotopic (exact) mass is 1040 g/mol. The first-order valence-corrected chi connectivity index (χ1v) is 15.8. The van der Waals surface area contributed by atoms with Gasteiger partial charge in [-0.2, -0.15) is 0 Å². The summed E-state index contributed by atoms with van der Waals surface area (Å²) in [5.41, 5.74) is 10.1. The summed E-state index contributed by atoms with van der Waals surface area (Å²) in [7, 11) is 0. The van der Waals surface area contributed by atoms with Crippen LogP contribution < -0.4 is 0 Å². The number of hydrogen-bond acceptors (Lipinski definition) is 8. The Morgan fingerprint density at radius 2 is 0.577 bits per heavy atom. The second kappa shape index (κ2) is 20.9. The van der Waals surface area contributed by atoms with Gasteiger partial charge in [-0.15, -0.1) is 0 Å². The molecule has 0 fully saturated rings. The minimum absolute atomic E-state index is 0. The second-order valence-electron chi connectivity index (χ2n) is 10.6. The van der Waals surface area contributed by atoms with E-state index in [9.17, 15) is 0 Å². The van der Waals surface area contributed by atoms with Crippen LogP contribution in [0.3, 0.4) is 0 Å². The average molecular weight is 1040 g/mol. The first-order valence-electron chi connectivity index (χ1n) is 15.8. The van der Waals surface area contributed by atoms with Gasteiger partial charge in [-0.05, 0) is 114 Å². The van der Waals surface area contributed by atoms with E-state index in [0.717, 1.165) is 62.3 Å². The van der Waals surface area contributed by atoms with Crippen LogP contribution in [0.15, 0.2) is 190 Å². The normalized spacial score (nSPS) is 9.69. The van der Waals surface area contributed by atoms with Gasteiger partial charge in [-0.25, -0.2) is 9.97 Å². The number of nitrogens with zero attached hydrogens (tertiary/aromatic N) is 8. The third kappa shape index (κ3) is 11.2. The zero-order chi connectivity index (χ0) is 34.2. The van der Waals surface area contributed by atoms with Gasteiger partial charge in [0.05, 0.1) is 45.6 Å². The summed E-state index contributed by atoms with van der Waals surface area (Å²) in [4.78, 5) is 34.3. The van der Waals surface area contributed by atoms with E-state index in [1.807, 2.05) is 133 Å². The smallest absolute Gasteiger partial charge is 0.0894 e. The topological polar surface area (TPSA) is 103 Å². The van der Waals surface area contributed by atoms with Gasteiger partial charge in [-0.1, -0.05) is 43.0 Å². The molecule has 0 aliphatic heterocycles. The molecule has 0 aliphatic carbocycles. The maximum Gasteiger partial charge on any atom is 0.0894 e. The molecule has 0 spiro atoms. The fourth-order valence-electron chi connectivity index (χ4n) is 4.77. The van der Waals surface area contributed by atoms with Crippen molar-refractivity contribution in [2.24, 2.45) is 0 Å². The van der Waals surface area contributed by atoms with Crippen LogP contribution in [-0.2, 0) is 42.1 Å². The fourth-order valence-corrected chi connectivity index (χ4v) is 4.77. The summed E-state index contributed by atoms with van der Waals surface area (Å²) >= 11 is 0. The first-order chi connectivity index (χ1) is 24.7. The summed E-state index contributed by atoms with van der Waals surface area (Å²) in [6, 6.07) is 42.7. The first kappa shape index (κ1) is 39.1. The minimum atomic E-state index is 0. The molecule has 8 heterocycles. The number of aromatic nitrogens is 8.